The average Bonchev–Trinajstić information content (AvgIpc) is 2.33. The Kier molecular flexibility index (Phi) is 12.0. The first-order valence-corrected chi connectivity index (χ1v) is 5.36. The van der Waals surface area contributed by atoms with Crippen molar-refractivity contribution in [1.82, 2.24) is 9.97 Å². The molecule has 0 atom stereocenters. The molecule has 1 aromatic rings. The Morgan fingerprint density at radius 3 is 2.25 bits per heavy atom. The van der Waals surface area contributed by atoms with Crippen molar-refractivity contribution in [3.05, 3.63) is 12.4 Å². The van der Waals surface area contributed by atoms with Crippen LogP contribution in [0.15, 0.2) is 12.4 Å². The van der Waals surface area contributed by atoms with Gasteiger partial charge >= 0.3 is 0 Å². The first kappa shape index (κ1) is 16.8. The van der Waals surface area contributed by atoms with Gasteiger partial charge in [-0.25, -0.2) is 0 Å². The minimum Gasteiger partial charge on any atom is -0.480 e. The van der Waals surface area contributed by atoms with Crippen LogP contribution in [-0.2, 0) is 4.79 Å². The van der Waals surface area contributed by atoms with Gasteiger partial charge in [0.1, 0.15) is 0 Å². The van der Waals surface area contributed by atoms with Gasteiger partial charge in [0.25, 0.3) is 0 Å². The normalized spacial score (nSPS) is 7.62. The largest absolute Gasteiger partial charge is 0.480 e. The number of ether oxygens (including phenoxy) is 1. The molecular weight excluding hydrogens is 206 g/mol. The lowest BCUT2D eigenvalue weighted by molar-refractivity contribution is -0.114. The first-order valence-electron chi connectivity index (χ1n) is 5.36. The number of nitrogens with zero attached hydrogens (tertiary/aromatic N) is 2. The number of carbonyl (C=O) groups is 1. The molecule has 0 saturated carbocycles. The maximum Gasteiger partial charge on any atom is 0.233 e. The predicted molar refractivity (Wildman–Crippen MR) is 65.6 cm³/mol. The maximum absolute atomic E-state index is 10.6. The van der Waals surface area contributed by atoms with Crippen LogP contribution in [-0.4, -0.2) is 23.0 Å². The van der Waals surface area contributed by atoms with Crippen molar-refractivity contribution in [2.24, 2.45) is 0 Å². The molecule has 0 fully saturated rings. The molecule has 0 saturated heterocycles. The van der Waals surface area contributed by atoms with Crippen LogP contribution in [0.5, 0.6) is 5.88 Å². The van der Waals surface area contributed by atoms with Crippen molar-refractivity contribution < 1.29 is 9.53 Å². The van der Waals surface area contributed by atoms with Gasteiger partial charge in [-0.15, -0.1) is 0 Å². The SMILES string of the molecule is CC.CC.COc1cncc(NC(C)=O)n1. The minimum absolute atomic E-state index is 0.183. The van der Waals surface area contributed by atoms with Crippen molar-refractivity contribution in [3.8, 4) is 5.88 Å². The molecule has 92 valence electrons. The third kappa shape index (κ3) is 7.73. The summed E-state index contributed by atoms with van der Waals surface area (Å²) in [6.45, 7) is 9.40. The smallest absolute Gasteiger partial charge is 0.233 e. The van der Waals surface area contributed by atoms with Gasteiger partial charge in [-0.1, -0.05) is 27.7 Å². The zero-order chi connectivity index (χ0) is 13.0. The van der Waals surface area contributed by atoms with Crippen LogP contribution in [0, 0.1) is 0 Å². The quantitative estimate of drug-likeness (QED) is 0.843. The highest BCUT2D eigenvalue weighted by Gasteiger charge is 1.98. The lowest BCUT2D eigenvalue weighted by atomic mass is 10.6. The van der Waals surface area contributed by atoms with Crippen LogP contribution in [0.3, 0.4) is 0 Å². The number of nitrogens with one attached hydrogen (secondary N) is 1. The fourth-order valence-corrected chi connectivity index (χ4v) is 0.687. The van der Waals surface area contributed by atoms with E-state index in [1.165, 1.54) is 26.4 Å². The van der Waals surface area contributed by atoms with Gasteiger partial charge in [-0.3, -0.25) is 9.78 Å². The van der Waals surface area contributed by atoms with E-state index in [2.05, 4.69) is 15.3 Å². The van der Waals surface area contributed by atoms with E-state index in [4.69, 9.17) is 4.74 Å². The molecule has 1 aromatic heterocycles. The molecule has 0 aliphatic rings. The summed E-state index contributed by atoms with van der Waals surface area (Å²) in [6, 6.07) is 0. The number of carbonyl (C=O) groups excluding carboxylic acids is 1. The maximum atomic E-state index is 10.6. The molecule has 5 nitrogen and oxygen atoms in total. The van der Waals surface area contributed by atoms with Gasteiger partial charge in [0.2, 0.25) is 11.8 Å². The molecule has 0 aliphatic carbocycles. The Balaban J connectivity index is 0. The predicted octanol–water partition coefficient (Wildman–Crippen LogP) is 2.50. The third-order valence-electron chi connectivity index (χ3n) is 1.13. The molecule has 16 heavy (non-hydrogen) atoms. The molecule has 0 aliphatic heterocycles. The van der Waals surface area contributed by atoms with Crippen molar-refractivity contribution >= 4 is 11.7 Å². The van der Waals surface area contributed by atoms with Gasteiger partial charge in [0.15, 0.2) is 5.82 Å². The number of aromatic nitrogens is 2. The molecular formula is C11H21N3O2. The van der Waals surface area contributed by atoms with Crippen LogP contribution in [0.2, 0.25) is 0 Å². The van der Waals surface area contributed by atoms with E-state index in [1.807, 2.05) is 27.7 Å². The third-order valence-corrected chi connectivity index (χ3v) is 1.13. The molecule has 0 spiro atoms. The number of hydrogen-bond donors (Lipinski definition) is 1. The van der Waals surface area contributed by atoms with Crippen molar-refractivity contribution in [1.29, 1.82) is 0 Å². The second-order valence-corrected chi connectivity index (χ2v) is 2.13. The molecule has 1 N–H and O–H groups in total. The molecule has 0 bridgehead atoms. The summed E-state index contributed by atoms with van der Waals surface area (Å²) >= 11 is 0. The first-order chi connectivity index (χ1) is 7.72. The molecule has 1 amide bonds. The van der Waals surface area contributed by atoms with Crippen LogP contribution >= 0.6 is 0 Å². The number of amides is 1. The Morgan fingerprint density at radius 2 is 1.81 bits per heavy atom. The van der Waals surface area contributed by atoms with Crippen LogP contribution in [0.1, 0.15) is 34.6 Å². The fourth-order valence-electron chi connectivity index (χ4n) is 0.687. The Morgan fingerprint density at radius 1 is 1.25 bits per heavy atom. The molecule has 0 unspecified atom stereocenters. The van der Waals surface area contributed by atoms with Crippen molar-refractivity contribution in [3.63, 3.8) is 0 Å². The van der Waals surface area contributed by atoms with Crippen LogP contribution < -0.4 is 10.1 Å². The van der Waals surface area contributed by atoms with E-state index in [-0.39, 0.29) is 5.91 Å². The molecule has 1 heterocycles. The Labute approximate surface area is 97.3 Å². The summed E-state index contributed by atoms with van der Waals surface area (Å²) in [4.78, 5) is 18.3. The lowest BCUT2D eigenvalue weighted by Crippen LogP contribution is -2.08. The van der Waals surface area contributed by atoms with E-state index in [9.17, 15) is 4.79 Å². The second kappa shape index (κ2) is 11.4. The summed E-state index contributed by atoms with van der Waals surface area (Å²) in [5.41, 5.74) is 0. The minimum atomic E-state index is -0.183. The highest BCUT2D eigenvalue weighted by Crippen LogP contribution is 2.07. The van der Waals surface area contributed by atoms with E-state index < -0.39 is 0 Å². The van der Waals surface area contributed by atoms with Crippen molar-refractivity contribution in [2.75, 3.05) is 12.4 Å². The fraction of sp³-hybridized carbons (Fsp3) is 0.545. The number of anilines is 1. The standard InChI is InChI=1S/C7H9N3O2.2C2H6/c1-5(11)9-6-3-8-4-7(10-6)12-2;2*1-2/h3-4H,1-2H3,(H,9,10,11);2*1-2H3. The summed E-state index contributed by atoms with van der Waals surface area (Å²) in [6.07, 6.45) is 2.91. The van der Waals surface area contributed by atoms with Gasteiger partial charge < -0.3 is 10.1 Å². The van der Waals surface area contributed by atoms with Gasteiger partial charge in [-0.2, -0.15) is 4.98 Å². The van der Waals surface area contributed by atoms with Crippen LogP contribution in [0.4, 0.5) is 5.82 Å². The summed E-state index contributed by atoms with van der Waals surface area (Å²) < 4.78 is 4.81. The molecule has 1 rings (SSSR count). The number of hydrogen-bond acceptors (Lipinski definition) is 4. The Bertz CT molecular complexity index is 290. The molecule has 0 aromatic carbocycles. The highest BCUT2D eigenvalue weighted by atomic mass is 16.5. The van der Waals surface area contributed by atoms with E-state index in [0.717, 1.165) is 0 Å². The summed E-state index contributed by atoms with van der Waals surface area (Å²) in [5, 5.41) is 2.49. The second-order valence-electron chi connectivity index (χ2n) is 2.13. The van der Waals surface area contributed by atoms with E-state index in [1.54, 1.807) is 0 Å². The summed E-state index contributed by atoms with van der Waals surface area (Å²) in [5.74, 6) is 0.584. The number of methoxy groups -OCH3 is 1. The zero-order valence-corrected chi connectivity index (χ0v) is 10.9. The highest BCUT2D eigenvalue weighted by molar-refractivity contribution is 5.87. The summed E-state index contributed by atoms with van der Waals surface area (Å²) in [7, 11) is 1.49. The van der Waals surface area contributed by atoms with Crippen LogP contribution in [0.25, 0.3) is 0 Å². The molecule has 0 radical (unpaired) electrons. The van der Waals surface area contributed by atoms with Crippen molar-refractivity contribution in [2.45, 2.75) is 34.6 Å². The van der Waals surface area contributed by atoms with E-state index in [0.29, 0.717) is 11.7 Å². The number of rotatable bonds is 2. The van der Waals surface area contributed by atoms with Gasteiger partial charge in [0, 0.05) is 6.92 Å². The molecule has 5 heteroatoms. The average molecular weight is 227 g/mol. The monoisotopic (exact) mass is 227 g/mol. The topological polar surface area (TPSA) is 64.1 Å². The van der Waals surface area contributed by atoms with Gasteiger partial charge in [0.05, 0.1) is 19.5 Å². The van der Waals surface area contributed by atoms with Gasteiger partial charge in [-0.05, 0) is 0 Å². The van der Waals surface area contributed by atoms with E-state index >= 15 is 0 Å². The Hall–Kier alpha value is -1.65. The lowest BCUT2D eigenvalue weighted by Gasteiger charge is -2.01. The zero-order valence-electron chi connectivity index (χ0n) is 10.9.